The maximum absolute atomic E-state index is 10.4. The Morgan fingerprint density at radius 2 is 0.848 bits per heavy atom. The van der Waals surface area contributed by atoms with Crippen molar-refractivity contribution in [2.24, 2.45) is 0 Å². The van der Waals surface area contributed by atoms with Crippen molar-refractivity contribution in [3.63, 3.8) is 0 Å². The van der Waals surface area contributed by atoms with Crippen molar-refractivity contribution in [2.45, 2.75) is 78.1 Å². The molecule has 0 fully saturated rings. The molecule has 0 spiro atoms. The Morgan fingerprint density at radius 1 is 0.515 bits per heavy atom. The van der Waals surface area contributed by atoms with Crippen molar-refractivity contribution < 1.29 is 102 Å². The standard InChI is InChI=1S/C12H26O6S.C8H18O3S.2Na.2H/c1-2-3-6-16-8-10-18-11-9-17-7-4-5-12-19(13,14)15;1-2-3-4-5-6-7-8-12(9,10)11;;;;/h2-12H2,1H3,(H,13,14,15);2-8H2,1H3,(H,9,10,11);;;;/q;;2*+1;2*-1. The molecule has 0 bridgehead atoms. The molecule has 0 aliphatic carbocycles. The van der Waals surface area contributed by atoms with Crippen molar-refractivity contribution in [2.75, 3.05) is 51.1 Å². The molecule has 0 rings (SSSR count). The van der Waals surface area contributed by atoms with Gasteiger partial charge in [-0.25, -0.2) is 0 Å². The van der Waals surface area contributed by atoms with Crippen LogP contribution in [0.1, 0.15) is 80.9 Å². The molecule has 194 valence electrons. The smallest absolute Gasteiger partial charge is 1.00 e. The van der Waals surface area contributed by atoms with Crippen LogP contribution in [-0.4, -0.2) is 77.1 Å². The summed E-state index contributed by atoms with van der Waals surface area (Å²) in [5.74, 6) is -0.291. The van der Waals surface area contributed by atoms with Gasteiger partial charge in [-0.3, -0.25) is 9.11 Å². The van der Waals surface area contributed by atoms with E-state index < -0.39 is 20.2 Å². The number of hydrogen-bond acceptors (Lipinski definition) is 7. The van der Waals surface area contributed by atoms with Gasteiger partial charge >= 0.3 is 59.1 Å². The van der Waals surface area contributed by atoms with E-state index >= 15 is 0 Å². The SMILES string of the molecule is CCCCCCCCS(=O)(=O)O.CCCCOCCOCCOCCCCS(=O)(=O)O.[H-].[H-].[Na+].[Na+]. The van der Waals surface area contributed by atoms with Crippen LogP contribution >= 0.6 is 0 Å². The van der Waals surface area contributed by atoms with Crippen LogP contribution in [0.2, 0.25) is 0 Å². The van der Waals surface area contributed by atoms with Crippen molar-refractivity contribution in [1.82, 2.24) is 0 Å². The molecule has 0 saturated carbocycles. The maximum Gasteiger partial charge on any atom is 1.00 e. The van der Waals surface area contributed by atoms with Gasteiger partial charge in [-0.2, -0.15) is 16.8 Å². The molecule has 9 nitrogen and oxygen atoms in total. The van der Waals surface area contributed by atoms with Gasteiger partial charge in [-0.05, 0) is 25.7 Å². The van der Waals surface area contributed by atoms with E-state index in [1.165, 1.54) is 19.3 Å². The van der Waals surface area contributed by atoms with Gasteiger partial charge < -0.3 is 17.1 Å². The second kappa shape index (κ2) is 29.9. The molecule has 0 aromatic heterocycles. The first kappa shape index (κ1) is 41.8. The normalized spacial score (nSPS) is 11.2. The van der Waals surface area contributed by atoms with E-state index in [0.717, 1.165) is 32.3 Å². The predicted molar refractivity (Wildman–Crippen MR) is 125 cm³/mol. The number of unbranched alkanes of at least 4 members (excludes halogenated alkanes) is 7. The van der Waals surface area contributed by atoms with E-state index in [1.807, 2.05) is 0 Å². The van der Waals surface area contributed by atoms with E-state index in [4.69, 9.17) is 23.3 Å². The molecule has 0 atom stereocenters. The maximum atomic E-state index is 10.4. The first-order valence-corrected chi connectivity index (χ1v) is 14.5. The van der Waals surface area contributed by atoms with Crippen LogP contribution in [0, 0.1) is 0 Å². The Balaban J connectivity index is -0.000000116. The third-order valence-electron chi connectivity index (χ3n) is 4.08. The Hall–Kier alpha value is 1.70. The molecule has 0 saturated heterocycles. The van der Waals surface area contributed by atoms with Gasteiger partial charge in [0.15, 0.2) is 0 Å². The second-order valence-electron chi connectivity index (χ2n) is 7.24. The van der Waals surface area contributed by atoms with Crippen LogP contribution in [0.3, 0.4) is 0 Å². The molecule has 13 heteroatoms. The van der Waals surface area contributed by atoms with Crippen LogP contribution in [0.15, 0.2) is 0 Å². The zero-order valence-corrected chi connectivity index (χ0v) is 26.9. The molecule has 0 aliphatic heterocycles. The minimum absolute atomic E-state index is 0. The summed E-state index contributed by atoms with van der Waals surface area (Å²) < 4.78 is 74.1. The predicted octanol–water partition coefficient (Wildman–Crippen LogP) is -2.03. The van der Waals surface area contributed by atoms with Crippen LogP contribution in [-0.2, 0) is 34.4 Å². The molecular weight excluding hydrogens is 494 g/mol. The van der Waals surface area contributed by atoms with Crippen molar-refractivity contribution in [3.8, 4) is 0 Å². The molecule has 0 aliphatic rings. The molecule has 0 aromatic carbocycles. The first-order valence-electron chi connectivity index (χ1n) is 11.3. The van der Waals surface area contributed by atoms with Crippen molar-refractivity contribution in [3.05, 3.63) is 0 Å². The van der Waals surface area contributed by atoms with Gasteiger partial charge in [0.1, 0.15) is 0 Å². The number of hydrogen-bond donors (Lipinski definition) is 2. The van der Waals surface area contributed by atoms with Gasteiger partial charge in [-0.1, -0.05) is 52.4 Å². The fourth-order valence-corrected chi connectivity index (χ4v) is 3.48. The van der Waals surface area contributed by atoms with Gasteiger partial charge in [0.2, 0.25) is 0 Å². The van der Waals surface area contributed by atoms with Gasteiger partial charge in [0.05, 0.1) is 37.9 Å². The van der Waals surface area contributed by atoms with Crippen LogP contribution < -0.4 is 59.1 Å². The third-order valence-corrected chi connectivity index (χ3v) is 5.69. The van der Waals surface area contributed by atoms with Gasteiger partial charge in [0.25, 0.3) is 20.2 Å². The van der Waals surface area contributed by atoms with E-state index in [-0.39, 0.29) is 73.5 Å². The molecule has 0 unspecified atom stereocenters. The quantitative estimate of drug-likeness (QED) is 0.0960. The Kier molecular flexibility index (Phi) is 37.9. The Labute approximate surface area is 249 Å². The molecule has 33 heavy (non-hydrogen) atoms. The van der Waals surface area contributed by atoms with Gasteiger partial charge in [0, 0.05) is 13.2 Å². The Bertz CT molecular complexity index is 585. The Morgan fingerprint density at radius 3 is 1.27 bits per heavy atom. The first-order chi connectivity index (χ1) is 14.6. The molecule has 2 N–H and O–H groups in total. The van der Waals surface area contributed by atoms with E-state index in [0.29, 0.717) is 52.3 Å². The fraction of sp³-hybridized carbons (Fsp3) is 1.00. The zero-order valence-electron chi connectivity index (χ0n) is 23.3. The van der Waals surface area contributed by atoms with Crippen molar-refractivity contribution >= 4 is 20.2 Å². The van der Waals surface area contributed by atoms with E-state index in [1.54, 1.807) is 0 Å². The minimum atomic E-state index is -3.83. The molecule has 0 amide bonds. The summed E-state index contributed by atoms with van der Waals surface area (Å²) in [5.41, 5.74) is 0. The van der Waals surface area contributed by atoms with Crippen LogP contribution in [0.25, 0.3) is 0 Å². The third kappa shape index (κ3) is 47.5. The summed E-state index contributed by atoms with van der Waals surface area (Å²) >= 11 is 0. The van der Waals surface area contributed by atoms with Crippen LogP contribution in [0.4, 0.5) is 0 Å². The fourth-order valence-electron chi connectivity index (χ4n) is 2.34. The number of ether oxygens (including phenoxy) is 3. The summed E-state index contributed by atoms with van der Waals surface area (Å²) in [7, 11) is -7.55. The van der Waals surface area contributed by atoms with E-state index in [9.17, 15) is 16.8 Å². The summed E-state index contributed by atoms with van der Waals surface area (Å²) in [4.78, 5) is 0. The largest absolute Gasteiger partial charge is 1.00 e. The summed E-state index contributed by atoms with van der Waals surface area (Å²) in [6.45, 7) is 7.68. The minimum Gasteiger partial charge on any atom is -1.00 e. The molecule has 0 aromatic rings. The van der Waals surface area contributed by atoms with Gasteiger partial charge in [-0.15, -0.1) is 0 Å². The zero-order chi connectivity index (χ0) is 23.8. The van der Waals surface area contributed by atoms with E-state index in [2.05, 4.69) is 13.8 Å². The molecule has 0 heterocycles. The summed E-state index contributed by atoms with van der Waals surface area (Å²) in [6, 6.07) is 0. The molecular formula is C20H46Na2O9S2. The summed E-state index contributed by atoms with van der Waals surface area (Å²) in [5, 5.41) is 0. The number of rotatable bonds is 21. The molecule has 0 radical (unpaired) electrons. The monoisotopic (exact) mass is 540 g/mol. The van der Waals surface area contributed by atoms with Crippen LogP contribution in [0.5, 0.6) is 0 Å². The van der Waals surface area contributed by atoms with Crippen molar-refractivity contribution in [1.29, 1.82) is 0 Å². The second-order valence-corrected chi connectivity index (χ2v) is 10.4. The average molecular weight is 541 g/mol. The topological polar surface area (TPSA) is 136 Å². The average Bonchev–Trinajstić information content (AvgIpc) is 2.67. The summed E-state index contributed by atoms with van der Waals surface area (Å²) in [6.07, 6.45) is 9.36.